The summed E-state index contributed by atoms with van der Waals surface area (Å²) in [4.78, 5) is 10.4. The fraction of sp³-hybridized carbons (Fsp3) is 0.222. The molecule has 1 rings (SSSR count). The minimum atomic E-state index is -3.09. The van der Waals surface area contributed by atoms with Crippen molar-refractivity contribution in [2.75, 3.05) is 6.67 Å². The molecule has 5 heteroatoms. The van der Waals surface area contributed by atoms with Crippen LogP contribution >= 0.6 is 0 Å². The second kappa shape index (κ2) is 3.69. The van der Waals surface area contributed by atoms with Crippen LogP contribution in [0.25, 0.3) is 0 Å². The molecule has 76 valence electrons. The van der Waals surface area contributed by atoms with Crippen molar-refractivity contribution in [2.45, 2.75) is 5.67 Å². The molecule has 0 radical (unpaired) electrons. The smallest absolute Gasteiger partial charge is 0.349 e. The third-order valence-corrected chi connectivity index (χ3v) is 1.82. The predicted octanol–water partition coefficient (Wildman–Crippen LogP) is 2.04. The van der Waals surface area contributed by atoms with E-state index in [-0.39, 0.29) is 0 Å². The lowest BCUT2D eigenvalue weighted by atomic mass is 9.97. The van der Waals surface area contributed by atoms with E-state index in [2.05, 4.69) is 0 Å². The number of hydrogen-bond donors (Lipinski definition) is 1. The van der Waals surface area contributed by atoms with E-state index < -0.39 is 29.7 Å². The molecule has 0 aliphatic heterocycles. The van der Waals surface area contributed by atoms with E-state index in [1.165, 1.54) is 0 Å². The van der Waals surface area contributed by atoms with Crippen molar-refractivity contribution in [3.05, 3.63) is 35.6 Å². The molecule has 1 atom stereocenters. The summed E-state index contributed by atoms with van der Waals surface area (Å²) in [6.07, 6.45) is 0. The lowest BCUT2D eigenvalue weighted by molar-refractivity contribution is -0.152. The van der Waals surface area contributed by atoms with Crippen LogP contribution in [-0.2, 0) is 10.5 Å². The summed E-state index contributed by atoms with van der Waals surface area (Å²) < 4.78 is 38.1. The molecule has 0 spiro atoms. The van der Waals surface area contributed by atoms with Crippen LogP contribution in [0.4, 0.5) is 13.2 Å². The van der Waals surface area contributed by atoms with Gasteiger partial charge in [-0.25, -0.2) is 18.0 Å². The van der Waals surface area contributed by atoms with Crippen LogP contribution in [0.2, 0.25) is 0 Å². The summed E-state index contributed by atoms with van der Waals surface area (Å²) in [7, 11) is 0. The molecule has 0 aliphatic rings. The van der Waals surface area contributed by atoms with Crippen molar-refractivity contribution in [3.8, 4) is 0 Å². The Bertz CT molecular complexity index is 336. The summed E-state index contributed by atoms with van der Waals surface area (Å²) in [6.45, 7) is -1.69. The molecule has 0 heterocycles. The van der Waals surface area contributed by atoms with Crippen molar-refractivity contribution in [1.82, 2.24) is 0 Å². The monoisotopic (exact) mass is 204 g/mol. The number of rotatable bonds is 3. The van der Waals surface area contributed by atoms with Gasteiger partial charge in [0.05, 0.1) is 0 Å². The summed E-state index contributed by atoms with van der Waals surface area (Å²) in [6, 6.07) is 3.57. The van der Waals surface area contributed by atoms with E-state index in [4.69, 9.17) is 5.11 Å². The molecule has 1 unspecified atom stereocenters. The third kappa shape index (κ3) is 1.71. The number of benzene rings is 1. The first kappa shape index (κ1) is 10.6. The zero-order chi connectivity index (χ0) is 10.8. The van der Waals surface area contributed by atoms with Gasteiger partial charge in [-0.2, -0.15) is 0 Å². The zero-order valence-corrected chi connectivity index (χ0v) is 7.01. The number of aliphatic carboxylic acids is 1. The highest BCUT2D eigenvalue weighted by Crippen LogP contribution is 2.27. The lowest BCUT2D eigenvalue weighted by Crippen LogP contribution is -2.33. The molecule has 0 aliphatic carbocycles. The molecule has 0 saturated carbocycles. The summed E-state index contributed by atoms with van der Waals surface area (Å²) in [5.41, 5.74) is -3.50. The van der Waals surface area contributed by atoms with E-state index in [9.17, 15) is 18.0 Å². The third-order valence-electron chi connectivity index (χ3n) is 1.82. The number of carboxylic acid groups (broad SMARTS) is 1. The van der Waals surface area contributed by atoms with Gasteiger partial charge in [-0.05, 0) is 12.1 Å². The number of carboxylic acids is 1. The minimum absolute atomic E-state index is 0.408. The first-order valence-electron chi connectivity index (χ1n) is 3.75. The van der Waals surface area contributed by atoms with Gasteiger partial charge in [0, 0.05) is 5.56 Å². The summed E-state index contributed by atoms with van der Waals surface area (Å²) in [5, 5.41) is 8.45. The van der Waals surface area contributed by atoms with Gasteiger partial charge < -0.3 is 5.11 Å². The minimum Gasteiger partial charge on any atom is -0.479 e. The van der Waals surface area contributed by atoms with Crippen molar-refractivity contribution in [2.24, 2.45) is 0 Å². The Balaban J connectivity index is 3.13. The van der Waals surface area contributed by atoms with E-state index >= 15 is 0 Å². The van der Waals surface area contributed by atoms with Gasteiger partial charge >= 0.3 is 5.97 Å². The van der Waals surface area contributed by atoms with Crippen molar-refractivity contribution < 1.29 is 23.1 Å². The van der Waals surface area contributed by atoms with E-state index in [0.717, 1.165) is 24.3 Å². The molecule has 14 heavy (non-hydrogen) atoms. The van der Waals surface area contributed by atoms with Crippen LogP contribution in [0.3, 0.4) is 0 Å². The van der Waals surface area contributed by atoms with Crippen LogP contribution in [0, 0.1) is 5.82 Å². The van der Waals surface area contributed by atoms with Crippen LogP contribution in [0.15, 0.2) is 24.3 Å². The molecule has 0 aromatic heterocycles. The Hall–Kier alpha value is -1.52. The summed E-state index contributed by atoms with van der Waals surface area (Å²) >= 11 is 0. The molecular weight excluding hydrogens is 197 g/mol. The molecule has 1 aromatic rings. The first-order chi connectivity index (χ1) is 6.50. The second-order valence-electron chi connectivity index (χ2n) is 2.75. The van der Waals surface area contributed by atoms with Crippen molar-refractivity contribution >= 4 is 5.97 Å². The van der Waals surface area contributed by atoms with Crippen LogP contribution in [0.1, 0.15) is 5.56 Å². The van der Waals surface area contributed by atoms with Crippen LogP contribution in [-0.4, -0.2) is 17.8 Å². The molecule has 0 bridgehead atoms. The van der Waals surface area contributed by atoms with Gasteiger partial charge in [0.2, 0.25) is 0 Å². The number of carbonyl (C=O) groups is 1. The predicted molar refractivity (Wildman–Crippen MR) is 42.8 cm³/mol. The highest BCUT2D eigenvalue weighted by molar-refractivity contribution is 5.79. The first-order valence-corrected chi connectivity index (χ1v) is 3.75. The largest absolute Gasteiger partial charge is 0.479 e. The van der Waals surface area contributed by atoms with Gasteiger partial charge in [-0.1, -0.05) is 12.1 Å². The number of halogens is 3. The maximum absolute atomic E-state index is 13.4. The topological polar surface area (TPSA) is 37.3 Å². The summed E-state index contributed by atoms with van der Waals surface area (Å²) in [5.74, 6) is -2.56. The van der Waals surface area contributed by atoms with Gasteiger partial charge in [0.15, 0.2) is 0 Å². The standard InChI is InChI=1S/C9H7F3O2/c10-5-9(12,8(13)14)6-1-3-7(11)4-2-6/h1-4H,5H2,(H,13,14). The van der Waals surface area contributed by atoms with E-state index in [1.54, 1.807) is 0 Å². The number of hydrogen-bond acceptors (Lipinski definition) is 1. The molecular formula is C9H7F3O2. The van der Waals surface area contributed by atoms with Crippen LogP contribution < -0.4 is 0 Å². The van der Waals surface area contributed by atoms with Crippen molar-refractivity contribution in [3.63, 3.8) is 0 Å². The van der Waals surface area contributed by atoms with E-state index in [0.29, 0.717) is 0 Å². The average molecular weight is 204 g/mol. The fourth-order valence-corrected chi connectivity index (χ4v) is 0.972. The van der Waals surface area contributed by atoms with Gasteiger partial charge in [0.25, 0.3) is 5.67 Å². The van der Waals surface area contributed by atoms with E-state index in [1.807, 2.05) is 0 Å². The van der Waals surface area contributed by atoms with Crippen LogP contribution in [0.5, 0.6) is 0 Å². The van der Waals surface area contributed by atoms with Gasteiger partial charge in [-0.3, -0.25) is 0 Å². The lowest BCUT2D eigenvalue weighted by Gasteiger charge is -2.16. The molecule has 2 nitrogen and oxygen atoms in total. The molecule has 0 saturated heterocycles. The number of alkyl halides is 2. The maximum Gasteiger partial charge on any atom is 0.349 e. The Kier molecular flexibility index (Phi) is 2.78. The Morgan fingerprint density at radius 3 is 2.21 bits per heavy atom. The molecule has 1 N–H and O–H groups in total. The Labute approximate surface area is 78.0 Å². The Morgan fingerprint density at radius 2 is 1.86 bits per heavy atom. The van der Waals surface area contributed by atoms with Crippen molar-refractivity contribution in [1.29, 1.82) is 0 Å². The molecule has 0 amide bonds. The highest BCUT2D eigenvalue weighted by atomic mass is 19.2. The zero-order valence-electron chi connectivity index (χ0n) is 7.01. The van der Waals surface area contributed by atoms with Gasteiger partial charge in [-0.15, -0.1) is 0 Å². The Morgan fingerprint density at radius 1 is 1.36 bits per heavy atom. The molecule has 1 aromatic carbocycles. The second-order valence-corrected chi connectivity index (χ2v) is 2.75. The quantitative estimate of drug-likeness (QED) is 0.818. The SMILES string of the molecule is O=C(O)C(F)(CF)c1ccc(F)cc1. The normalized spacial score (nSPS) is 14.8. The average Bonchev–Trinajstić information content (AvgIpc) is 2.17. The molecule has 0 fully saturated rings. The van der Waals surface area contributed by atoms with Gasteiger partial charge in [0.1, 0.15) is 12.5 Å². The highest BCUT2D eigenvalue weighted by Gasteiger charge is 2.41. The fourth-order valence-electron chi connectivity index (χ4n) is 0.972. The maximum atomic E-state index is 13.4.